The Balaban J connectivity index is 1.15. The lowest BCUT2D eigenvalue weighted by molar-refractivity contribution is -0.273. The van der Waals surface area contributed by atoms with Gasteiger partial charge < -0.3 is 29.2 Å². The maximum Gasteiger partial charge on any atom is 0.331 e. The minimum Gasteiger partial charge on any atom is -0.458 e. The van der Waals surface area contributed by atoms with Crippen LogP contribution < -0.4 is 0 Å². The summed E-state index contributed by atoms with van der Waals surface area (Å²) in [5.41, 5.74) is 0.461. The summed E-state index contributed by atoms with van der Waals surface area (Å²) < 4.78 is 23.2. The minimum absolute atomic E-state index is 0.166. The molecule has 0 aromatic heterocycles. The Morgan fingerprint density at radius 2 is 1.84 bits per heavy atom. The molecule has 2 aliphatic heterocycles. The number of hydrogen-bond acceptors (Lipinski definition) is 7. The molecule has 0 unspecified atom stereocenters. The van der Waals surface area contributed by atoms with Gasteiger partial charge in [0.2, 0.25) is 0 Å². The molecule has 208 valence electrons. The zero-order valence-corrected chi connectivity index (χ0v) is 23.0. The normalized spacial score (nSPS) is 53.6. The summed E-state index contributed by atoms with van der Waals surface area (Å²) >= 11 is 0. The molecule has 0 spiro atoms. The van der Waals surface area contributed by atoms with Crippen molar-refractivity contribution in [3.63, 3.8) is 0 Å². The molecule has 0 aromatic carbocycles. The molecular formula is C30H46O7. The predicted molar refractivity (Wildman–Crippen MR) is 136 cm³/mol. The average Bonchev–Trinajstić information content (AvgIpc) is 3.41. The van der Waals surface area contributed by atoms with Crippen molar-refractivity contribution >= 4 is 5.97 Å². The van der Waals surface area contributed by atoms with E-state index in [1.807, 2.05) is 6.92 Å². The van der Waals surface area contributed by atoms with Crippen LogP contribution in [0.4, 0.5) is 0 Å². The summed E-state index contributed by atoms with van der Waals surface area (Å²) in [6.45, 7) is 7.07. The van der Waals surface area contributed by atoms with Crippen LogP contribution in [0.3, 0.4) is 0 Å². The third-order valence-corrected chi connectivity index (χ3v) is 12.2. The molecule has 1 saturated heterocycles. The fraction of sp³-hybridized carbons (Fsp3) is 0.900. The van der Waals surface area contributed by atoms with Gasteiger partial charge in [-0.05, 0) is 99.4 Å². The van der Waals surface area contributed by atoms with Crippen molar-refractivity contribution in [1.29, 1.82) is 0 Å². The molecule has 4 aliphatic carbocycles. The number of rotatable bonds is 4. The van der Waals surface area contributed by atoms with Crippen LogP contribution in [0.25, 0.3) is 0 Å². The Kier molecular flexibility index (Phi) is 6.59. The van der Waals surface area contributed by atoms with Crippen molar-refractivity contribution in [3.8, 4) is 0 Å². The Morgan fingerprint density at radius 1 is 1.03 bits per heavy atom. The lowest BCUT2D eigenvalue weighted by Gasteiger charge is -2.64. The van der Waals surface area contributed by atoms with Crippen molar-refractivity contribution in [2.75, 3.05) is 13.7 Å². The van der Waals surface area contributed by atoms with Crippen molar-refractivity contribution in [2.45, 2.75) is 121 Å². The molecule has 6 rings (SSSR count). The van der Waals surface area contributed by atoms with E-state index in [-0.39, 0.29) is 47.3 Å². The second-order valence-electron chi connectivity index (χ2n) is 13.6. The zero-order valence-electron chi connectivity index (χ0n) is 23.0. The van der Waals surface area contributed by atoms with Crippen LogP contribution in [0.2, 0.25) is 0 Å². The predicted octanol–water partition coefficient (Wildman–Crippen LogP) is 4.14. The van der Waals surface area contributed by atoms with E-state index in [1.165, 1.54) is 0 Å². The molecule has 0 aromatic rings. The molecule has 12 atom stereocenters. The highest BCUT2D eigenvalue weighted by Crippen LogP contribution is 2.70. The molecule has 0 radical (unpaired) electrons. The van der Waals surface area contributed by atoms with Crippen LogP contribution in [0, 0.1) is 34.5 Å². The van der Waals surface area contributed by atoms with Gasteiger partial charge in [-0.3, -0.25) is 0 Å². The monoisotopic (exact) mass is 518 g/mol. The third kappa shape index (κ3) is 3.97. The van der Waals surface area contributed by atoms with Crippen LogP contribution in [0.1, 0.15) is 85.0 Å². The highest BCUT2D eigenvalue weighted by atomic mass is 16.7. The van der Waals surface area contributed by atoms with Crippen LogP contribution in [0.5, 0.6) is 0 Å². The molecule has 0 amide bonds. The first-order valence-corrected chi connectivity index (χ1v) is 14.7. The number of aliphatic hydroxyl groups is 2. The highest BCUT2D eigenvalue weighted by Gasteiger charge is 2.67. The SMILES string of the molecule is CO[C@H]1C[C@H](O[C@H]2CC[C@@]3(C)[C@H](CC[C@H]4[C@H]3CC[C@]3(C)[C@@H](C5=CC(=O)OC5)CC[C@]43O)C2)O[C@@H](C)[C@@H]1O. The van der Waals surface area contributed by atoms with E-state index in [2.05, 4.69) is 13.8 Å². The standard InChI is InChI=1S/C30H46O7/c1-17-27(32)24(34-4)15-26(36-17)37-20-7-10-28(2)19(14-20)5-6-23-22(28)8-11-29(3)21(9-12-30(23,29)33)18-13-25(31)35-16-18/h13,17,19-24,26-27,32-33H,5-12,14-16H2,1-4H3/t17-,19+,20-,21+,22+,23-,24-,26-,27-,28-,29+,30-/m0/s1. The summed E-state index contributed by atoms with van der Waals surface area (Å²) in [5, 5.41) is 22.7. The van der Waals surface area contributed by atoms with E-state index in [9.17, 15) is 15.0 Å². The first-order chi connectivity index (χ1) is 17.6. The second-order valence-corrected chi connectivity index (χ2v) is 13.6. The number of fused-ring (bicyclic) bond motifs is 5. The summed E-state index contributed by atoms with van der Waals surface area (Å²) in [4.78, 5) is 11.8. The Bertz CT molecular complexity index is 935. The van der Waals surface area contributed by atoms with Gasteiger partial charge in [0.15, 0.2) is 6.29 Å². The van der Waals surface area contributed by atoms with Gasteiger partial charge in [0.25, 0.3) is 0 Å². The molecule has 0 bridgehead atoms. The van der Waals surface area contributed by atoms with Gasteiger partial charge in [0.05, 0.1) is 23.9 Å². The van der Waals surface area contributed by atoms with Crippen molar-refractivity contribution in [1.82, 2.24) is 0 Å². The van der Waals surface area contributed by atoms with Gasteiger partial charge in [0.1, 0.15) is 12.7 Å². The number of methoxy groups -OCH3 is 1. The molecule has 7 heteroatoms. The Morgan fingerprint density at radius 3 is 2.57 bits per heavy atom. The molecule has 2 N–H and O–H groups in total. The van der Waals surface area contributed by atoms with Crippen LogP contribution in [-0.2, 0) is 23.7 Å². The topological polar surface area (TPSA) is 94.5 Å². The van der Waals surface area contributed by atoms with E-state index in [0.29, 0.717) is 30.8 Å². The Labute approximate surface area is 221 Å². The maximum absolute atomic E-state index is 12.4. The first kappa shape index (κ1) is 26.2. The van der Waals surface area contributed by atoms with E-state index >= 15 is 0 Å². The fourth-order valence-corrected chi connectivity index (χ4v) is 10.0. The van der Waals surface area contributed by atoms with Gasteiger partial charge >= 0.3 is 5.97 Å². The van der Waals surface area contributed by atoms with Gasteiger partial charge in [-0.2, -0.15) is 0 Å². The number of esters is 1. The Hall–Kier alpha value is -0.990. The van der Waals surface area contributed by atoms with E-state index in [1.54, 1.807) is 13.2 Å². The summed E-state index contributed by atoms with van der Waals surface area (Å²) in [6, 6.07) is 0. The van der Waals surface area contributed by atoms with Crippen LogP contribution >= 0.6 is 0 Å². The number of carbonyl (C=O) groups excluding carboxylic acids is 1. The molecular weight excluding hydrogens is 472 g/mol. The largest absolute Gasteiger partial charge is 0.458 e. The van der Waals surface area contributed by atoms with E-state index < -0.39 is 11.7 Å². The quantitative estimate of drug-likeness (QED) is 0.427. The minimum atomic E-state index is -0.670. The second kappa shape index (κ2) is 9.29. The first-order valence-electron chi connectivity index (χ1n) is 14.7. The lowest BCUT2D eigenvalue weighted by atomic mass is 9.43. The average molecular weight is 519 g/mol. The zero-order chi connectivity index (χ0) is 26.2. The summed E-state index contributed by atoms with van der Waals surface area (Å²) in [5.74, 6) is 1.45. The number of hydrogen-bond donors (Lipinski definition) is 2. The maximum atomic E-state index is 12.4. The number of cyclic esters (lactones) is 1. The van der Waals surface area contributed by atoms with E-state index in [4.69, 9.17) is 18.9 Å². The summed E-state index contributed by atoms with van der Waals surface area (Å²) in [7, 11) is 1.64. The van der Waals surface area contributed by atoms with Crippen molar-refractivity contribution in [2.24, 2.45) is 34.5 Å². The molecule has 5 fully saturated rings. The van der Waals surface area contributed by atoms with Crippen molar-refractivity contribution < 1.29 is 34.0 Å². The summed E-state index contributed by atoms with van der Waals surface area (Å²) in [6.07, 6.45) is 10.2. The smallest absolute Gasteiger partial charge is 0.331 e. The van der Waals surface area contributed by atoms with Crippen molar-refractivity contribution in [3.05, 3.63) is 11.6 Å². The lowest BCUT2D eigenvalue weighted by Crippen LogP contribution is -2.62. The third-order valence-electron chi connectivity index (χ3n) is 12.2. The molecule has 7 nitrogen and oxygen atoms in total. The van der Waals surface area contributed by atoms with Gasteiger partial charge in [-0.25, -0.2) is 4.79 Å². The van der Waals surface area contributed by atoms with Crippen LogP contribution in [-0.4, -0.2) is 66.2 Å². The van der Waals surface area contributed by atoms with Crippen LogP contribution in [0.15, 0.2) is 11.6 Å². The number of aliphatic hydroxyl groups excluding tert-OH is 1. The van der Waals surface area contributed by atoms with Gasteiger partial charge in [0, 0.05) is 25.0 Å². The fourth-order valence-electron chi connectivity index (χ4n) is 10.0. The number of carbonyl (C=O) groups is 1. The number of ether oxygens (including phenoxy) is 4. The molecule has 4 saturated carbocycles. The van der Waals surface area contributed by atoms with Gasteiger partial charge in [-0.1, -0.05) is 13.8 Å². The molecule has 6 aliphatic rings. The highest BCUT2D eigenvalue weighted by molar-refractivity contribution is 5.85. The van der Waals surface area contributed by atoms with Gasteiger partial charge in [-0.15, -0.1) is 0 Å². The molecule has 2 heterocycles. The van der Waals surface area contributed by atoms with E-state index in [0.717, 1.165) is 63.4 Å². The molecule has 37 heavy (non-hydrogen) atoms.